The Morgan fingerprint density at radius 1 is 1.32 bits per heavy atom. The SMILES string of the molecule is COc1cc(C)c(CCNCC(O)CN)c(OC)c1. The Kier molecular flexibility index (Phi) is 6.62. The standard InChI is InChI=1S/C14H24N2O3/c1-10-6-12(18-2)7-14(19-3)13(10)4-5-16-9-11(17)8-15/h6-7,11,16-17H,4-5,8-9,15H2,1-3H3. The summed E-state index contributed by atoms with van der Waals surface area (Å²) in [6.45, 7) is 3.58. The van der Waals surface area contributed by atoms with Gasteiger partial charge in [0.05, 0.1) is 20.3 Å². The molecule has 19 heavy (non-hydrogen) atoms. The lowest BCUT2D eigenvalue weighted by Gasteiger charge is -2.15. The van der Waals surface area contributed by atoms with Crippen LogP contribution in [-0.2, 0) is 6.42 Å². The van der Waals surface area contributed by atoms with Crippen molar-refractivity contribution in [1.29, 1.82) is 0 Å². The quantitative estimate of drug-likeness (QED) is 0.597. The van der Waals surface area contributed by atoms with Crippen molar-refractivity contribution in [3.05, 3.63) is 23.3 Å². The van der Waals surface area contributed by atoms with Gasteiger partial charge in [-0.15, -0.1) is 0 Å². The van der Waals surface area contributed by atoms with Crippen LogP contribution < -0.4 is 20.5 Å². The molecule has 0 bridgehead atoms. The molecule has 0 amide bonds. The van der Waals surface area contributed by atoms with Crippen LogP contribution in [0.15, 0.2) is 12.1 Å². The number of aliphatic hydroxyl groups excluding tert-OH is 1. The van der Waals surface area contributed by atoms with E-state index in [1.54, 1.807) is 14.2 Å². The zero-order valence-corrected chi connectivity index (χ0v) is 11.9. The maximum atomic E-state index is 9.35. The molecule has 108 valence electrons. The first-order valence-corrected chi connectivity index (χ1v) is 6.42. The number of rotatable bonds is 8. The van der Waals surface area contributed by atoms with Gasteiger partial charge in [0.15, 0.2) is 0 Å². The number of methoxy groups -OCH3 is 2. The lowest BCUT2D eigenvalue weighted by Crippen LogP contribution is -2.33. The van der Waals surface area contributed by atoms with Gasteiger partial charge in [0.2, 0.25) is 0 Å². The number of aliphatic hydroxyl groups is 1. The molecule has 1 aromatic carbocycles. The zero-order chi connectivity index (χ0) is 14.3. The van der Waals surface area contributed by atoms with Gasteiger partial charge in [0.25, 0.3) is 0 Å². The van der Waals surface area contributed by atoms with Crippen molar-refractivity contribution in [3.63, 3.8) is 0 Å². The molecule has 5 heteroatoms. The van der Waals surface area contributed by atoms with Crippen LogP contribution in [-0.4, -0.2) is 45.1 Å². The van der Waals surface area contributed by atoms with Gasteiger partial charge in [-0.05, 0) is 37.1 Å². The largest absolute Gasteiger partial charge is 0.497 e. The number of benzene rings is 1. The second kappa shape index (κ2) is 7.99. The van der Waals surface area contributed by atoms with Crippen LogP contribution in [0.2, 0.25) is 0 Å². The third kappa shape index (κ3) is 4.70. The van der Waals surface area contributed by atoms with Crippen LogP contribution >= 0.6 is 0 Å². The minimum absolute atomic E-state index is 0.276. The fourth-order valence-corrected chi connectivity index (χ4v) is 1.94. The first-order valence-electron chi connectivity index (χ1n) is 6.42. The Balaban J connectivity index is 2.62. The van der Waals surface area contributed by atoms with E-state index < -0.39 is 6.10 Å². The van der Waals surface area contributed by atoms with Crippen LogP contribution in [0.4, 0.5) is 0 Å². The van der Waals surface area contributed by atoms with Crippen molar-refractivity contribution < 1.29 is 14.6 Å². The van der Waals surface area contributed by atoms with E-state index in [2.05, 4.69) is 5.32 Å². The van der Waals surface area contributed by atoms with Gasteiger partial charge in [-0.1, -0.05) is 0 Å². The average Bonchev–Trinajstić information content (AvgIpc) is 2.43. The number of hydrogen-bond acceptors (Lipinski definition) is 5. The summed E-state index contributed by atoms with van der Waals surface area (Å²) in [7, 11) is 3.30. The maximum Gasteiger partial charge on any atom is 0.126 e. The Hall–Kier alpha value is -1.30. The summed E-state index contributed by atoms with van der Waals surface area (Å²) >= 11 is 0. The van der Waals surface area contributed by atoms with Crippen LogP contribution in [0.25, 0.3) is 0 Å². The molecule has 1 rings (SSSR count). The summed E-state index contributed by atoms with van der Waals surface area (Å²) in [4.78, 5) is 0. The lowest BCUT2D eigenvalue weighted by atomic mass is 10.0. The molecule has 0 saturated heterocycles. The summed E-state index contributed by atoms with van der Waals surface area (Å²) in [6.07, 6.45) is 0.342. The molecule has 0 saturated carbocycles. The summed E-state index contributed by atoms with van der Waals surface area (Å²) < 4.78 is 10.6. The van der Waals surface area contributed by atoms with Gasteiger partial charge < -0.3 is 25.6 Å². The van der Waals surface area contributed by atoms with Gasteiger partial charge in [-0.3, -0.25) is 0 Å². The first-order chi connectivity index (χ1) is 9.12. The highest BCUT2D eigenvalue weighted by Gasteiger charge is 2.09. The lowest BCUT2D eigenvalue weighted by molar-refractivity contribution is 0.180. The summed E-state index contributed by atoms with van der Waals surface area (Å²) in [5.74, 6) is 1.63. The van der Waals surface area contributed by atoms with Crippen molar-refractivity contribution in [2.75, 3.05) is 33.9 Å². The molecular formula is C14H24N2O3. The van der Waals surface area contributed by atoms with E-state index in [1.165, 1.54) is 0 Å². The van der Waals surface area contributed by atoms with Crippen LogP contribution in [0, 0.1) is 6.92 Å². The molecule has 4 N–H and O–H groups in total. The summed E-state index contributed by atoms with van der Waals surface area (Å²) in [6, 6.07) is 3.88. The summed E-state index contributed by atoms with van der Waals surface area (Å²) in [5, 5.41) is 12.5. The highest BCUT2D eigenvalue weighted by molar-refractivity contribution is 5.46. The molecule has 1 unspecified atom stereocenters. The van der Waals surface area contributed by atoms with E-state index in [0.717, 1.165) is 35.6 Å². The minimum Gasteiger partial charge on any atom is -0.497 e. The van der Waals surface area contributed by atoms with Crippen LogP contribution in [0.5, 0.6) is 11.5 Å². The minimum atomic E-state index is -0.487. The Morgan fingerprint density at radius 2 is 2.05 bits per heavy atom. The first kappa shape index (κ1) is 15.8. The number of nitrogens with one attached hydrogen (secondary N) is 1. The molecule has 0 aliphatic carbocycles. The van der Waals surface area contributed by atoms with E-state index in [4.69, 9.17) is 15.2 Å². The normalized spacial score (nSPS) is 12.3. The molecule has 0 spiro atoms. The van der Waals surface area contributed by atoms with Gasteiger partial charge in [-0.2, -0.15) is 0 Å². The van der Waals surface area contributed by atoms with Gasteiger partial charge >= 0.3 is 0 Å². The molecule has 1 atom stereocenters. The van der Waals surface area contributed by atoms with E-state index in [9.17, 15) is 5.11 Å². The highest BCUT2D eigenvalue weighted by Crippen LogP contribution is 2.28. The molecule has 1 aromatic rings. The highest BCUT2D eigenvalue weighted by atomic mass is 16.5. The van der Waals surface area contributed by atoms with Crippen molar-refractivity contribution in [2.45, 2.75) is 19.4 Å². The number of aryl methyl sites for hydroxylation is 1. The molecule has 0 aliphatic rings. The second-order valence-electron chi connectivity index (χ2n) is 4.47. The van der Waals surface area contributed by atoms with Crippen molar-refractivity contribution in [1.82, 2.24) is 5.32 Å². The second-order valence-corrected chi connectivity index (χ2v) is 4.47. The number of hydrogen-bond donors (Lipinski definition) is 3. The van der Waals surface area contributed by atoms with Crippen molar-refractivity contribution in [3.8, 4) is 11.5 Å². The van der Waals surface area contributed by atoms with E-state index in [0.29, 0.717) is 6.54 Å². The Labute approximate surface area is 114 Å². The fourth-order valence-electron chi connectivity index (χ4n) is 1.94. The van der Waals surface area contributed by atoms with Gasteiger partial charge in [-0.25, -0.2) is 0 Å². The van der Waals surface area contributed by atoms with Gasteiger partial charge in [0, 0.05) is 19.2 Å². The molecular weight excluding hydrogens is 244 g/mol. The van der Waals surface area contributed by atoms with Crippen LogP contribution in [0.1, 0.15) is 11.1 Å². The summed E-state index contributed by atoms with van der Waals surface area (Å²) in [5.41, 5.74) is 7.63. The third-order valence-corrected chi connectivity index (χ3v) is 3.06. The maximum absolute atomic E-state index is 9.35. The van der Waals surface area contributed by atoms with E-state index in [1.807, 2.05) is 19.1 Å². The molecule has 0 heterocycles. The van der Waals surface area contributed by atoms with Crippen molar-refractivity contribution in [2.24, 2.45) is 5.73 Å². The molecule has 0 radical (unpaired) electrons. The Bertz CT molecular complexity index is 397. The third-order valence-electron chi connectivity index (χ3n) is 3.06. The monoisotopic (exact) mass is 268 g/mol. The smallest absolute Gasteiger partial charge is 0.126 e. The predicted octanol–water partition coefficient (Wildman–Crippen LogP) is 0.464. The zero-order valence-electron chi connectivity index (χ0n) is 11.9. The van der Waals surface area contributed by atoms with Gasteiger partial charge in [0.1, 0.15) is 11.5 Å². The topological polar surface area (TPSA) is 76.7 Å². The number of ether oxygens (including phenoxy) is 2. The predicted molar refractivity (Wildman–Crippen MR) is 75.9 cm³/mol. The Morgan fingerprint density at radius 3 is 2.63 bits per heavy atom. The average molecular weight is 268 g/mol. The van der Waals surface area contributed by atoms with E-state index in [-0.39, 0.29) is 6.54 Å². The van der Waals surface area contributed by atoms with Crippen molar-refractivity contribution >= 4 is 0 Å². The van der Waals surface area contributed by atoms with E-state index >= 15 is 0 Å². The molecule has 5 nitrogen and oxygen atoms in total. The molecule has 0 aliphatic heterocycles. The molecule has 0 aromatic heterocycles. The number of nitrogens with two attached hydrogens (primary N) is 1. The molecule has 0 fully saturated rings. The van der Waals surface area contributed by atoms with Crippen LogP contribution in [0.3, 0.4) is 0 Å². The fraction of sp³-hybridized carbons (Fsp3) is 0.571.